The fraction of sp³-hybridized carbons (Fsp3) is 0. The number of aromatic nitrogens is 3. The molecule has 0 bridgehead atoms. The van der Waals surface area contributed by atoms with Crippen LogP contribution in [0.25, 0.3) is 11.4 Å². The molecule has 0 amide bonds. The Morgan fingerprint density at radius 1 is 1.25 bits per heavy atom. The minimum Gasteiger partial charge on any atom is -0.478 e. The van der Waals surface area contributed by atoms with E-state index in [0.29, 0.717) is 21.2 Å². The maximum absolute atomic E-state index is 10.9. The number of nitrogens with zero attached hydrogens (tertiary/aromatic N) is 3. The average molecular weight is 359 g/mol. The Kier molecular flexibility index (Phi) is 4.54. The van der Waals surface area contributed by atoms with Crippen LogP contribution in [0.2, 0.25) is 5.02 Å². The summed E-state index contributed by atoms with van der Waals surface area (Å²) < 4.78 is 1.78. The van der Waals surface area contributed by atoms with Crippen molar-refractivity contribution in [2.45, 2.75) is 0 Å². The molecular formula is C16H11ClN4O2S. The van der Waals surface area contributed by atoms with E-state index in [4.69, 9.17) is 28.9 Å². The molecule has 1 aromatic heterocycles. The van der Waals surface area contributed by atoms with Crippen LogP contribution >= 0.6 is 23.8 Å². The van der Waals surface area contributed by atoms with Crippen LogP contribution < -0.4 is 0 Å². The maximum atomic E-state index is 10.9. The molecule has 120 valence electrons. The van der Waals surface area contributed by atoms with Gasteiger partial charge in [0, 0.05) is 5.56 Å². The number of halogens is 1. The van der Waals surface area contributed by atoms with Gasteiger partial charge in [0.05, 0.1) is 16.8 Å². The first kappa shape index (κ1) is 16.1. The highest BCUT2D eigenvalue weighted by Gasteiger charge is 2.11. The van der Waals surface area contributed by atoms with Gasteiger partial charge in [-0.25, -0.2) is 9.89 Å². The molecule has 24 heavy (non-hydrogen) atoms. The first-order valence-corrected chi connectivity index (χ1v) is 7.65. The molecule has 0 unspecified atom stereocenters. The SMILES string of the molecule is O=C(O)c1ccc(/C=N/n2c(-c3ccccc3Cl)n[nH]c2=S)cc1. The van der Waals surface area contributed by atoms with E-state index in [-0.39, 0.29) is 5.56 Å². The van der Waals surface area contributed by atoms with Gasteiger partial charge in [0.15, 0.2) is 5.82 Å². The van der Waals surface area contributed by atoms with Gasteiger partial charge in [-0.15, -0.1) is 0 Å². The number of aromatic carboxylic acids is 1. The molecule has 0 aliphatic heterocycles. The summed E-state index contributed by atoms with van der Waals surface area (Å²) in [6, 6.07) is 13.6. The molecule has 0 saturated carbocycles. The Labute approximate surface area is 147 Å². The number of aromatic amines is 1. The third kappa shape index (κ3) is 3.27. The second kappa shape index (κ2) is 6.77. The molecule has 2 aromatic carbocycles. The molecular weight excluding hydrogens is 348 g/mol. The highest BCUT2D eigenvalue weighted by molar-refractivity contribution is 7.71. The maximum Gasteiger partial charge on any atom is 0.335 e. The molecule has 0 radical (unpaired) electrons. The Bertz CT molecular complexity index is 976. The van der Waals surface area contributed by atoms with Crippen LogP contribution in [0.3, 0.4) is 0 Å². The number of carboxylic acids is 1. The van der Waals surface area contributed by atoms with Gasteiger partial charge >= 0.3 is 5.97 Å². The lowest BCUT2D eigenvalue weighted by Crippen LogP contribution is -1.97. The summed E-state index contributed by atoms with van der Waals surface area (Å²) in [5.41, 5.74) is 1.64. The number of hydrogen-bond acceptors (Lipinski definition) is 4. The van der Waals surface area contributed by atoms with Crippen LogP contribution in [0.5, 0.6) is 0 Å². The van der Waals surface area contributed by atoms with Crippen molar-refractivity contribution in [3.05, 3.63) is 69.5 Å². The van der Waals surface area contributed by atoms with E-state index >= 15 is 0 Å². The monoisotopic (exact) mass is 358 g/mol. The smallest absolute Gasteiger partial charge is 0.335 e. The van der Waals surface area contributed by atoms with Crippen LogP contribution in [0.15, 0.2) is 53.6 Å². The van der Waals surface area contributed by atoms with Gasteiger partial charge in [0.1, 0.15) is 0 Å². The van der Waals surface area contributed by atoms with Gasteiger partial charge in [0.25, 0.3) is 0 Å². The number of nitrogens with one attached hydrogen (secondary N) is 1. The summed E-state index contributed by atoms with van der Waals surface area (Å²) in [5.74, 6) is -0.486. The average Bonchev–Trinajstić information content (AvgIpc) is 2.94. The van der Waals surface area contributed by atoms with E-state index in [0.717, 1.165) is 5.56 Å². The van der Waals surface area contributed by atoms with Crippen molar-refractivity contribution in [2.75, 3.05) is 0 Å². The van der Waals surface area contributed by atoms with Crippen LogP contribution in [-0.2, 0) is 0 Å². The van der Waals surface area contributed by atoms with Gasteiger partial charge in [-0.3, -0.25) is 0 Å². The summed E-state index contributed by atoms with van der Waals surface area (Å²) in [6.45, 7) is 0. The summed E-state index contributed by atoms with van der Waals surface area (Å²) in [5, 5.41) is 20.6. The van der Waals surface area contributed by atoms with E-state index in [1.165, 1.54) is 16.8 Å². The molecule has 0 saturated heterocycles. The van der Waals surface area contributed by atoms with E-state index in [1.807, 2.05) is 18.2 Å². The lowest BCUT2D eigenvalue weighted by atomic mass is 10.1. The molecule has 8 heteroatoms. The lowest BCUT2D eigenvalue weighted by Gasteiger charge is -2.03. The van der Waals surface area contributed by atoms with Crippen LogP contribution in [0.1, 0.15) is 15.9 Å². The predicted octanol–water partition coefficient (Wildman–Crippen LogP) is 3.84. The molecule has 0 aliphatic carbocycles. The molecule has 3 rings (SSSR count). The number of benzene rings is 2. The van der Waals surface area contributed by atoms with E-state index in [9.17, 15) is 4.79 Å². The Morgan fingerprint density at radius 2 is 1.96 bits per heavy atom. The summed E-state index contributed by atoms with van der Waals surface area (Å²) in [4.78, 5) is 10.9. The first-order chi connectivity index (χ1) is 11.6. The zero-order chi connectivity index (χ0) is 17.1. The zero-order valence-corrected chi connectivity index (χ0v) is 13.8. The quantitative estimate of drug-likeness (QED) is 0.548. The van der Waals surface area contributed by atoms with E-state index in [2.05, 4.69) is 15.3 Å². The van der Waals surface area contributed by atoms with Crippen molar-refractivity contribution in [1.82, 2.24) is 14.9 Å². The van der Waals surface area contributed by atoms with Gasteiger partial charge in [-0.1, -0.05) is 35.9 Å². The second-order valence-electron chi connectivity index (χ2n) is 4.82. The Balaban J connectivity index is 1.96. The predicted molar refractivity (Wildman–Crippen MR) is 94.3 cm³/mol. The number of H-pyrrole nitrogens is 1. The number of hydrogen-bond donors (Lipinski definition) is 2. The molecule has 0 aliphatic rings. The third-order valence-corrected chi connectivity index (χ3v) is 3.84. The normalized spacial score (nSPS) is 11.0. The van der Waals surface area contributed by atoms with Crippen molar-refractivity contribution in [1.29, 1.82) is 0 Å². The molecule has 0 atom stereocenters. The second-order valence-corrected chi connectivity index (χ2v) is 5.61. The molecule has 1 heterocycles. The van der Waals surface area contributed by atoms with Gasteiger partial charge in [0.2, 0.25) is 4.77 Å². The largest absolute Gasteiger partial charge is 0.478 e. The van der Waals surface area contributed by atoms with Crippen molar-refractivity contribution >= 4 is 36.0 Å². The zero-order valence-electron chi connectivity index (χ0n) is 12.2. The topological polar surface area (TPSA) is 83.3 Å². The van der Waals surface area contributed by atoms with E-state index < -0.39 is 5.97 Å². The lowest BCUT2D eigenvalue weighted by molar-refractivity contribution is 0.0697. The molecule has 3 aromatic rings. The van der Waals surface area contributed by atoms with Crippen molar-refractivity contribution in [2.24, 2.45) is 5.10 Å². The van der Waals surface area contributed by atoms with Crippen molar-refractivity contribution in [3.63, 3.8) is 0 Å². The van der Waals surface area contributed by atoms with Crippen LogP contribution in [-0.4, -0.2) is 32.2 Å². The molecule has 6 nitrogen and oxygen atoms in total. The fourth-order valence-corrected chi connectivity index (χ4v) is 2.45. The van der Waals surface area contributed by atoms with Gasteiger partial charge < -0.3 is 5.11 Å². The van der Waals surface area contributed by atoms with Gasteiger partial charge in [-0.05, 0) is 42.0 Å². The van der Waals surface area contributed by atoms with Crippen LogP contribution in [0, 0.1) is 4.77 Å². The highest BCUT2D eigenvalue weighted by atomic mass is 35.5. The summed E-state index contributed by atoms with van der Waals surface area (Å²) in [7, 11) is 0. The van der Waals surface area contributed by atoms with Gasteiger partial charge in [-0.2, -0.15) is 14.9 Å². The molecule has 2 N–H and O–H groups in total. The number of carbonyl (C=O) groups is 1. The number of carboxylic acid groups (broad SMARTS) is 1. The summed E-state index contributed by atoms with van der Waals surface area (Å²) >= 11 is 11.4. The molecule has 0 fully saturated rings. The minimum absolute atomic E-state index is 0.212. The summed E-state index contributed by atoms with van der Waals surface area (Å²) in [6.07, 6.45) is 1.57. The Morgan fingerprint density at radius 3 is 2.62 bits per heavy atom. The Hall–Kier alpha value is -2.77. The highest BCUT2D eigenvalue weighted by Crippen LogP contribution is 2.25. The van der Waals surface area contributed by atoms with Crippen molar-refractivity contribution < 1.29 is 9.90 Å². The third-order valence-electron chi connectivity index (χ3n) is 3.25. The molecule has 0 spiro atoms. The number of rotatable bonds is 4. The van der Waals surface area contributed by atoms with Crippen LogP contribution in [0.4, 0.5) is 0 Å². The van der Waals surface area contributed by atoms with E-state index in [1.54, 1.807) is 24.4 Å². The first-order valence-electron chi connectivity index (χ1n) is 6.86. The van der Waals surface area contributed by atoms with Crippen molar-refractivity contribution in [3.8, 4) is 11.4 Å². The fourth-order valence-electron chi connectivity index (χ4n) is 2.05. The minimum atomic E-state index is -0.975. The standard InChI is InChI=1S/C16H11ClN4O2S/c17-13-4-2-1-3-12(13)14-19-20-16(24)21(14)18-9-10-5-7-11(8-6-10)15(22)23/h1-9H,(H,20,24)(H,22,23)/b18-9+.